The molecule has 0 unspecified atom stereocenters. The smallest absolute Gasteiger partial charge is 0.323 e. The predicted molar refractivity (Wildman–Crippen MR) is 82.8 cm³/mol. The second-order valence-corrected chi connectivity index (χ2v) is 6.94. The van der Waals surface area contributed by atoms with Gasteiger partial charge in [0.25, 0.3) is 0 Å². The van der Waals surface area contributed by atoms with Gasteiger partial charge in [0.1, 0.15) is 0 Å². The Bertz CT molecular complexity index is 832. The van der Waals surface area contributed by atoms with Crippen molar-refractivity contribution in [2.75, 3.05) is 13.1 Å². The molecule has 0 spiro atoms. The summed E-state index contributed by atoms with van der Waals surface area (Å²) in [7, 11) is -4.21. The van der Waals surface area contributed by atoms with Crippen molar-refractivity contribution in [1.82, 2.24) is 14.7 Å². The number of benzene rings is 1. The van der Waals surface area contributed by atoms with Crippen molar-refractivity contribution in [2.24, 2.45) is 0 Å². The highest BCUT2D eigenvalue weighted by molar-refractivity contribution is 7.91. The summed E-state index contributed by atoms with van der Waals surface area (Å²) in [6.45, 7) is 4.30. The first-order chi connectivity index (χ1) is 10.8. The lowest BCUT2D eigenvalue weighted by Crippen LogP contribution is -2.34. The molecule has 1 aromatic heterocycles. The summed E-state index contributed by atoms with van der Waals surface area (Å²) in [5.74, 6) is -1.09. The number of aromatic nitrogens is 2. The molecule has 0 saturated heterocycles. The van der Waals surface area contributed by atoms with Gasteiger partial charge in [-0.25, -0.2) is 17.6 Å². The number of halogens is 2. The Balaban J connectivity index is 2.47. The molecule has 0 aliphatic carbocycles. The molecule has 2 aromatic rings. The number of rotatable bonds is 4. The molecular formula is C14H15ClFN3O3S. The van der Waals surface area contributed by atoms with Crippen molar-refractivity contribution in [1.29, 1.82) is 0 Å². The van der Waals surface area contributed by atoms with Gasteiger partial charge >= 0.3 is 6.03 Å². The van der Waals surface area contributed by atoms with E-state index in [1.807, 2.05) is 0 Å². The van der Waals surface area contributed by atoms with Crippen LogP contribution in [0.4, 0.5) is 9.18 Å². The van der Waals surface area contributed by atoms with Crippen LogP contribution in [0.25, 0.3) is 0 Å². The van der Waals surface area contributed by atoms with E-state index in [1.54, 1.807) is 13.8 Å². The Kier molecular flexibility index (Phi) is 5.06. The zero-order valence-corrected chi connectivity index (χ0v) is 14.1. The SMILES string of the molecule is CCN(CC)C(=O)n1cc(F)c(S(=O)(=O)c2cccc(Cl)c2)n1. The number of sulfone groups is 1. The van der Waals surface area contributed by atoms with Gasteiger partial charge in [0.15, 0.2) is 5.82 Å². The van der Waals surface area contributed by atoms with E-state index in [-0.39, 0.29) is 9.92 Å². The maximum absolute atomic E-state index is 14.1. The molecule has 0 aliphatic heterocycles. The van der Waals surface area contributed by atoms with E-state index in [4.69, 9.17) is 11.6 Å². The highest BCUT2D eigenvalue weighted by Gasteiger charge is 2.28. The monoisotopic (exact) mass is 359 g/mol. The van der Waals surface area contributed by atoms with Crippen LogP contribution in [0.2, 0.25) is 5.02 Å². The minimum atomic E-state index is -4.21. The third-order valence-electron chi connectivity index (χ3n) is 3.23. The first kappa shape index (κ1) is 17.4. The average Bonchev–Trinajstić information content (AvgIpc) is 2.91. The Morgan fingerprint density at radius 1 is 1.35 bits per heavy atom. The van der Waals surface area contributed by atoms with Crippen molar-refractivity contribution in [3.05, 3.63) is 41.3 Å². The molecule has 0 bridgehead atoms. The topological polar surface area (TPSA) is 72.3 Å². The van der Waals surface area contributed by atoms with Gasteiger partial charge in [0.2, 0.25) is 14.9 Å². The number of amides is 1. The molecule has 1 amide bonds. The molecule has 6 nitrogen and oxygen atoms in total. The van der Waals surface area contributed by atoms with Gasteiger partial charge in [0.05, 0.1) is 11.1 Å². The summed E-state index contributed by atoms with van der Waals surface area (Å²) in [5.41, 5.74) is 0. The molecule has 1 aromatic carbocycles. The fraction of sp³-hybridized carbons (Fsp3) is 0.286. The summed E-state index contributed by atoms with van der Waals surface area (Å²) in [6.07, 6.45) is 0.762. The van der Waals surface area contributed by atoms with Gasteiger partial charge in [-0.05, 0) is 32.0 Å². The van der Waals surface area contributed by atoms with Gasteiger partial charge in [-0.15, -0.1) is 5.10 Å². The molecule has 0 atom stereocenters. The number of carbonyl (C=O) groups is 1. The molecule has 23 heavy (non-hydrogen) atoms. The second-order valence-electron chi connectivity index (χ2n) is 4.64. The van der Waals surface area contributed by atoms with E-state index in [0.29, 0.717) is 17.8 Å². The van der Waals surface area contributed by atoms with Crippen LogP contribution in [0.1, 0.15) is 13.8 Å². The Morgan fingerprint density at radius 3 is 2.57 bits per heavy atom. The number of nitrogens with zero attached hydrogens (tertiary/aromatic N) is 3. The molecule has 0 aliphatic rings. The molecule has 1 heterocycles. The third-order valence-corrected chi connectivity index (χ3v) is 5.12. The Labute approximate surface area is 138 Å². The van der Waals surface area contributed by atoms with Gasteiger partial charge in [-0.1, -0.05) is 17.7 Å². The molecular weight excluding hydrogens is 345 g/mol. The Morgan fingerprint density at radius 2 is 2.00 bits per heavy atom. The molecule has 124 valence electrons. The molecule has 9 heteroatoms. The summed E-state index contributed by atoms with van der Waals surface area (Å²) in [6, 6.07) is 4.82. The first-order valence-corrected chi connectivity index (χ1v) is 8.72. The van der Waals surface area contributed by atoms with E-state index < -0.39 is 26.7 Å². The molecule has 0 fully saturated rings. The van der Waals surface area contributed by atoms with Crippen LogP contribution < -0.4 is 0 Å². The largest absolute Gasteiger partial charge is 0.344 e. The number of carbonyl (C=O) groups excluding carboxylic acids is 1. The van der Waals surface area contributed by atoms with Crippen molar-refractivity contribution < 1.29 is 17.6 Å². The lowest BCUT2D eigenvalue weighted by molar-refractivity contribution is 0.201. The van der Waals surface area contributed by atoms with Crippen LogP contribution in [-0.2, 0) is 9.84 Å². The standard InChI is InChI=1S/C14H15ClFN3O3S/c1-3-18(4-2)14(20)19-9-12(16)13(17-19)23(21,22)11-7-5-6-10(15)8-11/h5-9H,3-4H2,1-2H3. The Hall–Kier alpha value is -1.93. The van der Waals surface area contributed by atoms with Crippen LogP contribution >= 0.6 is 11.6 Å². The van der Waals surface area contributed by atoms with E-state index in [0.717, 1.165) is 6.20 Å². The van der Waals surface area contributed by atoms with Crippen LogP contribution in [0.5, 0.6) is 0 Å². The van der Waals surface area contributed by atoms with Gasteiger partial charge in [0, 0.05) is 18.1 Å². The molecule has 0 N–H and O–H groups in total. The van der Waals surface area contributed by atoms with E-state index in [1.165, 1.54) is 29.2 Å². The summed E-state index contributed by atoms with van der Waals surface area (Å²) in [4.78, 5) is 13.3. The first-order valence-electron chi connectivity index (χ1n) is 6.86. The summed E-state index contributed by atoms with van der Waals surface area (Å²) in [5, 5.41) is 3.02. The van der Waals surface area contributed by atoms with Crippen LogP contribution in [0, 0.1) is 5.82 Å². The fourth-order valence-corrected chi connectivity index (χ4v) is 3.52. The number of hydrogen-bond acceptors (Lipinski definition) is 4. The molecule has 0 radical (unpaired) electrons. The summed E-state index contributed by atoms with van der Waals surface area (Å²) < 4.78 is 39.7. The average molecular weight is 360 g/mol. The highest BCUT2D eigenvalue weighted by Crippen LogP contribution is 2.24. The number of hydrogen-bond donors (Lipinski definition) is 0. The van der Waals surface area contributed by atoms with Gasteiger partial charge in [-0.3, -0.25) is 0 Å². The van der Waals surface area contributed by atoms with Crippen molar-refractivity contribution in [2.45, 2.75) is 23.8 Å². The quantitative estimate of drug-likeness (QED) is 0.841. The molecule has 0 saturated carbocycles. The lowest BCUT2D eigenvalue weighted by Gasteiger charge is -2.17. The minimum absolute atomic E-state index is 0.190. The van der Waals surface area contributed by atoms with Gasteiger partial charge in [-0.2, -0.15) is 4.68 Å². The normalized spacial score (nSPS) is 11.5. The lowest BCUT2D eigenvalue weighted by atomic mass is 10.4. The van der Waals surface area contributed by atoms with Crippen molar-refractivity contribution in [3.63, 3.8) is 0 Å². The fourth-order valence-electron chi connectivity index (χ4n) is 2.00. The van der Waals surface area contributed by atoms with Crippen LogP contribution in [0.3, 0.4) is 0 Å². The minimum Gasteiger partial charge on any atom is -0.323 e. The van der Waals surface area contributed by atoms with Crippen molar-refractivity contribution >= 4 is 27.5 Å². The van der Waals surface area contributed by atoms with Crippen LogP contribution in [0.15, 0.2) is 40.4 Å². The highest BCUT2D eigenvalue weighted by atomic mass is 35.5. The van der Waals surface area contributed by atoms with E-state index >= 15 is 0 Å². The van der Waals surface area contributed by atoms with Crippen LogP contribution in [-0.4, -0.2) is 42.2 Å². The van der Waals surface area contributed by atoms with Crippen molar-refractivity contribution in [3.8, 4) is 0 Å². The zero-order chi connectivity index (χ0) is 17.2. The molecule has 2 rings (SSSR count). The predicted octanol–water partition coefficient (Wildman–Crippen LogP) is 2.82. The third kappa shape index (κ3) is 3.37. The zero-order valence-electron chi connectivity index (χ0n) is 12.5. The maximum Gasteiger partial charge on any atom is 0.344 e. The summed E-state index contributed by atoms with van der Waals surface area (Å²) >= 11 is 5.77. The maximum atomic E-state index is 14.1. The second kappa shape index (κ2) is 6.67. The van der Waals surface area contributed by atoms with E-state index in [9.17, 15) is 17.6 Å². The van der Waals surface area contributed by atoms with Gasteiger partial charge < -0.3 is 4.90 Å². The van der Waals surface area contributed by atoms with E-state index in [2.05, 4.69) is 5.10 Å².